The summed E-state index contributed by atoms with van der Waals surface area (Å²) in [6.07, 6.45) is 5.15. The molecule has 1 aliphatic carbocycles. The summed E-state index contributed by atoms with van der Waals surface area (Å²) in [7, 11) is 0. The van der Waals surface area contributed by atoms with Gasteiger partial charge >= 0.3 is 5.97 Å². The molecule has 1 saturated carbocycles. The Labute approximate surface area is 151 Å². The fraction of sp³-hybridized carbons (Fsp3) is 0.474. The second-order valence-corrected chi connectivity index (χ2v) is 6.86. The van der Waals surface area contributed by atoms with Crippen LogP contribution in [0.3, 0.4) is 0 Å². The molecule has 0 aliphatic heterocycles. The van der Waals surface area contributed by atoms with Crippen molar-refractivity contribution in [2.24, 2.45) is 0 Å². The van der Waals surface area contributed by atoms with Crippen molar-refractivity contribution in [1.82, 2.24) is 10.1 Å². The van der Waals surface area contributed by atoms with Gasteiger partial charge in [-0.05, 0) is 43.9 Å². The van der Waals surface area contributed by atoms with E-state index in [4.69, 9.17) is 4.52 Å². The number of aromatic carboxylic acids is 1. The maximum absolute atomic E-state index is 12.2. The quantitative estimate of drug-likeness (QED) is 0.818. The number of carboxylic acid groups (broad SMARTS) is 1. The SMILES string of the molecule is Cc1cc(C)c(C(=O)O)cc1NC(=O)CCc1nc(C2CCCC2)no1. The van der Waals surface area contributed by atoms with Gasteiger partial charge in [-0.1, -0.05) is 24.1 Å². The van der Waals surface area contributed by atoms with Crippen molar-refractivity contribution < 1.29 is 19.2 Å². The molecule has 1 amide bonds. The number of aryl methyl sites for hydroxylation is 3. The van der Waals surface area contributed by atoms with E-state index in [9.17, 15) is 14.7 Å². The lowest BCUT2D eigenvalue weighted by molar-refractivity contribution is -0.116. The van der Waals surface area contributed by atoms with Gasteiger partial charge in [0.25, 0.3) is 0 Å². The molecule has 0 radical (unpaired) electrons. The molecule has 0 spiro atoms. The highest BCUT2D eigenvalue weighted by molar-refractivity contribution is 5.95. The van der Waals surface area contributed by atoms with Crippen LogP contribution in [0.2, 0.25) is 0 Å². The Bertz CT molecular complexity index is 822. The van der Waals surface area contributed by atoms with Gasteiger partial charge in [0.1, 0.15) is 0 Å². The molecule has 1 aromatic heterocycles. The minimum atomic E-state index is -1.01. The van der Waals surface area contributed by atoms with Crippen LogP contribution in [0.5, 0.6) is 0 Å². The van der Waals surface area contributed by atoms with Gasteiger partial charge in [0.2, 0.25) is 11.8 Å². The molecule has 1 fully saturated rings. The van der Waals surface area contributed by atoms with Gasteiger partial charge in [0.05, 0.1) is 5.56 Å². The Balaban J connectivity index is 1.59. The first-order valence-corrected chi connectivity index (χ1v) is 8.91. The Morgan fingerprint density at radius 2 is 1.96 bits per heavy atom. The highest BCUT2D eigenvalue weighted by atomic mass is 16.5. The predicted molar refractivity (Wildman–Crippen MR) is 95.3 cm³/mol. The maximum atomic E-state index is 12.2. The van der Waals surface area contributed by atoms with Crippen molar-refractivity contribution in [3.63, 3.8) is 0 Å². The van der Waals surface area contributed by atoms with Gasteiger partial charge in [-0.25, -0.2) is 4.79 Å². The Kier molecular flexibility index (Phi) is 5.35. The number of carbonyl (C=O) groups is 2. The molecule has 26 heavy (non-hydrogen) atoms. The van der Waals surface area contributed by atoms with Gasteiger partial charge in [-0.2, -0.15) is 4.98 Å². The van der Waals surface area contributed by atoms with E-state index in [-0.39, 0.29) is 17.9 Å². The molecule has 1 heterocycles. The number of nitrogens with one attached hydrogen (secondary N) is 1. The van der Waals surface area contributed by atoms with E-state index in [2.05, 4.69) is 15.5 Å². The number of rotatable bonds is 6. The number of amides is 1. The van der Waals surface area contributed by atoms with Crippen molar-refractivity contribution >= 4 is 17.6 Å². The van der Waals surface area contributed by atoms with Crippen LogP contribution < -0.4 is 5.32 Å². The summed E-state index contributed by atoms with van der Waals surface area (Å²) < 4.78 is 5.25. The topological polar surface area (TPSA) is 105 Å². The molecule has 0 unspecified atom stereocenters. The van der Waals surface area contributed by atoms with E-state index >= 15 is 0 Å². The third-order valence-electron chi connectivity index (χ3n) is 4.85. The van der Waals surface area contributed by atoms with Crippen LogP contribution in [0, 0.1) is 13.8 Å². The van der Waals surface area contributed by atoms with Gasteiger partial charge in [0.15, 0.2) is 5.82 Å². The number of carbonyl (C=O) groups excluding carboxylic acids is 1. The Hall–Kier alpha value is -2.70. The van der Waals surface area contributed by atoms with E-state index in [1.54, 1.807) is 13.0 Å². The number of benzene rings is 1. The lowest BCUT2D eigenvalue weighted by Crippen LogP contribution is -2.14. The first-order valence-electron chi connectivity index (χ1n) is 8.91. The number of anilines is 1. The van der Waals surface area contributed by atoms with Gasteiger partial charge in [-0.15, -0.1) is 0 Å². The molecular formula is C19H23N3O4. The summed E-state index contributed by atoms with van der Waals surface area (Å²) in [5.41, 5.74) is 2.18. The average molecular weight is 357 g/mol. The van der Waals surface area contributed by atoms with Crippen molar-refractivity contribution in [2.75, 3.05) is 5.32 Å². The molecule has 1 aromatic carbocycles. The fourth-order valence-corrected chi connectivity index (χ4v) is 3.37. The van der Waals surface area contributed by atoms with Gasteiger partial charge in [0, 0.05) is 24.4 Å². The minimum absolute atomic E-state index is 0.184. The molecule has 0 atom stereocenters. The number of carboxylic acids is 1. The highest BCUT2D eigenvalue weighted by Crippen LogP contribution is 2.32. The third-order valence-corrected chi connectivity index (χ3v) is 4.85. The van der Waals surface area contributed by atoms with E-state index in [0.29, 0.717) is 29.5 Å². The average Bonchev–Trinajstić information content (AvgIpc) is 3.26. The second-order valence-electron chi connectivity index (χ2n) is 6.86. The third kappa shape index (κ3) is 4.09. The van der Waals surface area contributed by atoms with Crippen LogP contribution in [0.4, 0.5) is 5.69 Å². The smallest absolute Gasteiger partial charge is 0.336 e. The Morgan fingerprint density at radius 3 is 2.65 bits per heavy atom. The highest BCUT2D eigenvalue weighted by Gasteiger charge is 2.22. The molecule has 2 N–H and O–H groups in total. The molecule has 3 rings (SSSR count). The second kappa shape index (κ2) is 7.68. The fourth-order valence-electron chi connectivity index (χ4n) is 3.37. The molecule has 138 valence electrons. The summed E-state index contributed by atoms with van der Waals surface area (Å²) in [4.78, 5) is 27.9. The van der Waals surface area contributed by atoms with Crippen LogP contribution in [0.25, 0.3) is 0 Å². The van der Waals surface area contributed by atoms with Crippen LogP contribution in [0.15, 0.2) is 16.7 Å². The molecule has 2 aromatic rings. The van der Waals surface area contributed by atoms with Crippen molar-refractivity contribution in [1.29, 1.82) is 0 Å². The summed E-state index contributed by atoms with van der Waals surface area (Å²) in [5.74, 6) is 0.371. The van der Waals surface area contributed by atoms with Crippen LogP contribution in [-0.2, 0) is 11.2 Å². The molecule has 0 bridgehead atoms. The first kappa shape index (κ1) is 18.1. The molecular weight excluding hydrogens is 334 g/mol. The molecule has 7 nitrogen and oxygen atoms in total. The van der Waals surface area contributed by atoms with E-state index in [0.717, 1.165) is 24.2 Å². The Morgan fingerprint density at radius 1 is 1.23 bits per heavy atom. The molecule has 1 aliphatic rings. The zero-order chi connectivity index (χ0) is 18.7. The predicted octanol–water partition coefficient (Wildman–Crippen LogP) is 3.61. The van der Waals surface area contributed by atoms with E-state index < -0.39 is 5.97 Å². The van der Waals surface area contributed by atoms with Crippen LogP contribution in [-0.4, -0.2) is 27.1 Å². The number of hydrogen-bond acceptors (Lipinski definition) is 5. The normalized spacial score (nSPS) is 14.5. The number of hydrogen-bond donors (Lipinski definition) is 2. The van der Waals surface area contributed by atoms with Gasteiger partial charge in [-0.3, -0.25) is 4.79 Å². The summed E-state index contributed by atoms with van der Waals surface area (Å²) >= 11 is 0. The lowest BCUT2D eigenvalue weighted by Gasteiger charge is -2.11. The monoisotopic (exact) mass is 357 g/mol. The van der Waals surface area contributed by atoms with Crippen molar-refractivity contribution in [2.45, 2.75) is 58.3 Å². The summed E-state index contributed by atoms with van der Waals surface area (Å²) in [6.45, 7) is 3.57. The standard InChI is InChI=1S/C19H23N3O4/c1-11-9-12(2)15(10-14(11)19(24)25)20-16(23)7-8-17-21-18(22-26-17)13-5-3-4-6-13/h9-10,13H,3-8H2,1-2H3,(H,20,23)(H,24,25). The minimum Gasteiger partial charge on any atom is -0.478 e. The van der Waals surface area contributed by atoms with Crippen molar-refractivity contribution in [3.05, 3.63) is 40.5 Å². The molecule has 7 heteroatoms. The molecule has 0 saturated heterocycles. The van der Waals surface area contributed by atoms with Gasteiger partial charge < -0.3 is 14.9 Å². The summed E-state index contributed by atoms with van der Waals surface area (Å²) in [5, 5.41) is 16.0. The zero-order valence-electron chi connectivity index (χ0n) is 15.0. The number of nitrogens with zero attached hydrogens (tertiary/aromatic N) is 2. The maximum Gasteiger partial charge on any atom is 0.336 e. The van der Waals surface area contributed by atoms with Crippen molar-refractivity contribution in [3.8, 4) is 0 Å². The van der Waals surface area contributed by atoms with Crippen LogP contribution >= 0.6 is 0 Å². The van der Waals surface area contributed by atoms with E-state index in [1.165, 1.54) is 18.9 Å². The first-order chi connectivity index (χ1) is 12.4. The summed E-state index contributed by atoms with van der Waals surface area (Å²) in [6, 6.07) is 3.25. The van der Waals surface area contributed by atoms with E-state index in [1.807, 2.05) is 6.92 Å². The zero-order valence-corrected chi connectivity index (χ0v) is 15.0. The number of aromatic nitrogens is 2. The lowest BCUT2D eigenvalue weighted by atomic mass is 10.0. The largest absolute Gasteiger partial charge is 0.478 e. The van der Waals surface area contributed by atoms with Crippen LogP contribution in [0.1, 0.15) is 71.2 Å².